The fourth-order valence-electron chi connectivity index (χ4n) is 1.37. The lowest BCUT2D eigenvalue weighted by atomic mass is 10.1. The van der Waals surface area contributed by atoms with E-state index < -0.39 is 0 Å². The van der Waals surface area contributed by atoms with Gasteiger partial charge in [-0.3, -0.25) is 4.90 Å². The van der Waals surface area contributed by atoms with Crippen molar-refractivity contribution in [2.45, 2.75) is 25.8 Å². The lowest BCUT2D eigenvalue weighted by Gasteiger charge is -2.32. The Bertz CT molecular complexity index is 98.1. The average molecular weight is 224 g/mol. The molecule has 0 N–H and O–H groups in total. The first-order valence-electron chi connectivity index (χ1n) is 4.12. The third-order valence-corrected chi connectivity index (χ3v) is 2.14. The number of hydrogen-bond acceptors (Lipinski definition) is 2. The Balaban J connectivity index is 0.000001000. The molecule has 2 nitrogen and oxygen atoms in total. The summed E-state index contributed by atoms with van der Waals surface area (Å²) in [5.41, 5.74) is 0. The minimum atomic E-state index is 0. The largest absolute Gasteiger partial charge is 0.378 e. The molecule has 0 aromatic rings. The number of rotatable bonds is 2. The Kier molecular flexibility index (Phi) is 6.19. The van der Waals surface area contributed by atoms with Crippen LogP contribution in [0.1, 0.15) is 19.8 Å². The van der Waals surface area contributed by atoms with Crippen molar-refractivity contribution in [3.63, 3.8) is 0 Å². The first-order valence-corrected chi connectivity index (χ1v) is 4.12. The highest BCUT2D eigenvalue weighted by atomic mass is 79.9. The number of likely N-dealkylation sites (N-methyl/N-ethyl adjacent to an activating group) is 1. The minimum absolute atomic E-state index is 0. The van der Waals surface area contributed by atoms with Crippen LogP contribution in [0.25, 0.3) is 0 Å². The van der Waals surface area contributed by atoms with Crippen LogP contribution in [0, 0.1) is 0 Å². The molecule has 0 bridgehead atoms. The predicted octanol–water partition coefficient (Wildman–Crippen LogP) is 1.69. The number of morpholine rings is 1. The van der Waals surface area contributed by atoms with Gasteiger partial charge in [0.2, 0.25) is 0 Å². The van der Waals surface area contributed by atoms with Crippen LogP contribution in [-0.4, -0.2) is 37.7 Å². The monoisotopic (exact) mass is 223 g/mol. The van der Waals surface area contributed by atoms with Gasteiger partial charge in [-0.05, 0) is 13.5 Å². The van der Waals surface area contributed by atoms with Crippen LogP contribution in [-0.2, 0) is 4.74 Å². The maximum absolute atomic E-state index is 5.36. The number of ether oxygens (including phenoxy) is 1. The molecule has 1 fully saturated rings. The van der Waals surface area contributed by atoms with E-state index in [1.54, 1.807) is 0 Å². The van der Waals surface area contributed by atoms with Gasteiger partial charge in [-0.2, -0.15) is 0 Å². The summed E-state index contributed by atoms with van der Waals surface area (Å²) in [7, 11) is 2.18. The van der Waals surface area contributed by atoms with Crippen molar-refractivity contribution in [2.24, 2.45) is 0 Å². The number of halogens is 1. The normalized spacial score (nSPS) is 26.2. The van der Waals surface area contributed by atoms with Crippen LogP contribution >= 0.6 is 17.0 Å². The van der Waals surface area contributed by atoms with E-state index in [0.29, 0.717) is 6.04 Å². The fraction of sp³-hybridized carbons (Fsp3) is 1.00. The molecule has 1 atom stereocenters. The van der Waals surface area contributed by atoms with Gasteiger partial charge in [0, 0.05) is 12.6 Å². The van der Waals surface area contributed by atoms with Gasteiger partial charge in [0.1, 0.15) is 0 Å². The van der Waals surface area contributed by atoms with Crippen molar-refractivity contribution in [1.29, 1.82) is 0 Å². The lowest BCUT2D eigenvalue weighted by molar-refractivity contribution is 0.00276. The topological polar surface area (TPSA) is 12.5 Å². The maximum Gasteiger partial charge on any atom is 0.0622 e. The molecule has 0 radical (unpaired) electrons. The Labute approximate surface area is 79.7 Å². The first-order chi connectivity index (χ1) is 4.84. The summed E-state index contributed by atoms with van der Waals surface area (Å²) < 4.78 is 5.36. The molecule has 0 amide bonds. The fourth-order valence-corrected chi connectivity index (χ4v) is 1.37. The van der Waals surface area contributed by atoms with Crippen LogP contribution < -0.4 is 0 Å². The zero-order chi connectivity index (χ0) is 7.40. The van der Waals surface area contributed by atoms with Gasteiger partial charge in [0.05, 0.1) is 13.2 Å². The van der Waals surface area contributed by atoms with Gasteiger partial charge in [-0.15, -0.1) is 17.0 Å². The van der Waals surface area contributed by atoms with Crippen LogP contribution in [0.5, 0.6) is 0 Å². The van der Waals surface area contributed by atoms with Gasteiger partial charge < -0.3 is 4.74 Å². The highest BCUT2D eigenvalue weighted by Crippen LogP contribution is 2.08. The summed E-state index contributed by atoms with van der Waals surface area (Å²) >= 11 is 0. The smallest absolute Gasteiger partial charge is 0.0622 e. The number of nitrogens with zero attached hydrogens (tertiary/aromatic N) is 1. The molecule has 0 spiro atoms. The summed E-state index contributed by atoms with van der Waals surface area (Å²) in [5, 5.41) is 0. The molecule has 1 rings (SSSR count). The highest BCUT2D eigenvalue weighted by Gasteiger charge is 2.17. The summed E-state index contributed by atoms with van der Waals surface area (Å²) in [6, 6.07) is 0.679. The Morgan fingerprint density at radius 2 is 2.27 bits per heavy atom. The molecule has 0 aromatic carbocycles. The molecule has 0 aliphatic carbocycles. The van der Waals surface area contributed by atoms with Crippen LogP contribution in [0.2, 0.25) is 0 Å². The van der Waals surface area contributed by atoms with E-state index in [1.807, 2.05) is 0 Å². The molecule has 68 valence electrons. The van der Waals surface area contributed by atoms with Crippen molar-refractivity contribution in [2.75, 3.05) is 26.8 Å². The van der Waals surface area contributed by atoms with Crippen LogP contribution in [0.4, 0.5) is 0 Å². The third-order valence-electron chi connectivity index (χ3n) is 2.14. The Morgan fingerprint density at radius 3 is 2.82 bits per heavy atom. The highest BCUT2D eigenvalue weighted by molar-refractivity contribution is 8.93. The molecule has 1 saturated heterocycles. The van der Waals surface area contributed by atoms with E-state index >= 15 is 0 Å². The van der Waals surface area contributed by atoms with E-state index in [-0.39, 0.29) is 17.0 Å². The Morgan fingerprint density at radius 1 is 1.55 bits per heavy atom. The zero-order valence-corrected chi connectivity index (χ0v) is 9.09. The second kappa shape index (κ2) is 5.98. The molecule has 1 heterocycles. The zero-order valence-electron chi connectivity index (χ0n) is 7.38. The van der Waals surface area contributed by atoms with Crippen LogP contribution in [0.15, 0.2) is 0 Å². The van der Waals surface area contributed by atoms with Crippen molar-refractivity contribution in [3.05, 3.63) is 0 Å². The maximum atomic E-state index is 5.36. The molecular formula is C8H18BrNO. The number of hydrogen-bond donors (Lipinski definition) is 0. The van der Waals surface area contributed by atoms with Gasteiger partial charge in [-0.25, -0.2) is 0 Å². The SMILES string of the molecule is Br.CCCC1COCCN1C. The second-order valence-corrected chi connectivity index (χ2v) is 3.00. The summed E-state index contributed by atoms with van der Waals surface area (Å²) in [6.07, 6.45) is 2.54. The summed E-state index contributed by atoms with van der Waals surface area (Å²) in [4.78, 5) is 2.40. The van der Waals surface area contributed by atoms with Crippen molar-refractivity contribution >= 4 is 17.0 Å². The predicted molar refractivity (Wildman–Crippen MR) is 52.5 cm³/mol. The standard InChI is InChI=1S/C8H17NO.BrH/c1-3-4-8-7-10-6-5-9(8)2;/h8H,3-7H2,1-2H3;1H. The Hall–Kier alpha value is 0.400. The van der Waals surface area contributed by atoms with E-state index in [1.165, 1.54) is 12.8 Å². The summed E-state index contributed by atoms with van der Waals surface area (Å²) in [6.45, 7) is 5.17. The molecule has 1 aliphatic heterocycles. The second-order valence-electron chi connectivity index (χ2n) is 3.00. The van der Waals surface area contributed by atoms with Gasteiger partial charge in [0.25, 0.3) is 0 Å². The lowest BCUT2D eigenvalue weighted by Crippen LogP contribution is -2.42. The van der Waals surface area contributed by atoms with Crippen molar-refractivity contribution in [3.8, 4) is 0 Å². The van der Waals surface area contributed by atoms with E-state index in [9.17, 15) is 0 Å². The van der Waals surface area contributed by atoms with E-state index in [4.69, 9.17) is 4.74 Å². The van der Waals surface area contributed by atoms with E-state index in [0.717, 1.165) is 19.8 Å². The molecular weight excluding hydrogens is 206 g/mol. The molecule has 1 unspecified atom stereocenters. The molecule has 3 heteroatoms. The molecule has 11 heavy (non-hydrogen) atoms. The quantitative estimate of drug-likeness (QED) is 0.707. The third kappa shape index (κ3) is 3.54. The van der Waals surface area contributed by atoms with Crippen molar-refractivity contribution in [1.82, 2.24) is 4.90 Å². The average Bonchev–Trinajstić information content (AvgIpc) is 1.94. The molecule has 0 aromatic heterocycles. The summed E-state index contributed by atoms with van der Waals surface area (Å²) in [5.74, 6) is 0. The van der Waals surface area contributed by atoms with Crippen LogP contribution in [0.3, 0.4) is 0 Å². The van der Waals surface area contributed by atoms with Gasteiger partial charge in [0.15, 0.2) is 0 Å². The molecule has 1 aliphatic rings. The van der Waals surface area contributed by atoms with Gasteiger partial charge in [-0.1, -0.05) is 13.3 Å². The first kappa shape index (κ1) is 11.4. The van der Waals surface area contributed by atoms with Gasteiger partial charge >= 0.3 is 0 Å². The van der Waals surface area contributed by atoms with Crippen molar-refractivity contribution < 1.29 is 4.74 Å². The van der Waals surface area contributed by atoms with E-state index in [2.05, 4.69) is 18.9 Å². The molecule has 0 saturated carbocycles. The minimum Gasteiger partial charge on any atom is -0.378 e.